The van der Waals surface area contributed by atoms with Gasteiger partial charge in [-0.25, -0.2) is 12.8 Å². The standard InChI is InChI=1S/C13H18FN3O2S/c1-13(12(15)16)5-7-17(8-6-13)20(18,19)11-4-2-3-10(14)9-11/h2-4,9H,5-8H2,1H3,(H3,15,16). The van der Waals surface area contributed by atoms with Crippen molar-refractivity contribution in [3.05, 3.63) is 30.1 Å². The molecule has 1 aromatic carbocycles. The lowest BCUT2D eigenvalue weighted by Crippen LogP contribution is -2.47. The number of nitrogens with zero attached hydrogens (tertiary/aromatic N) is 1. The number of hydrogen-bond acceptors (Lipinski definition) is 3. The fraction of sp³-hybridized carbons (Fsp3) is 0.462. The first-order chi connectivity index (χ1) is 9.25. The van der Waals surface area contributed by atoms with Gasteiger partial charge in [-0.3, -0.25) is 5.41 Å². The summed E-state index contributed by atoms with van der Waals surface area (Å²) in [6.45, 7) is 2.44. The maximum absolute atomic E-state index is 13.2. The lowest BCUT2D eigenvalue weighted by molar-refractivity contribution is 0.240. The average molecular weight is 299 g/mol. The fourth-order valence-electron chi connectivity index (χ4n) is 2.27. The van der Waals surface area contributed by atoms with Gasteiger partial charge >= 0.3 is 0 Å². The molecule has 0 unspecified atom stereocenters. The van der Waals surface area contributed by atoms with Crippen molar-refractivity contribution in [2.45, 2.75) is 24.7 Å². The molecule has 7 heteroatoms. The Hall–Kier alpha value is -1.47. The van der Waals surface area contributed by atoms with Crippen LogP contribution >= 0.6 is 0 Å². The molecule has 0 radical (unpaired) electrons. The van der Waals surface area contributed by atoms with Crippen LogP contribution in [0, 0.1) is 16.6 Å². The normalized spacial score (nSPS) is 19.7. The predicted molar refractivity (Wildman–Crippen MR) is 74.4 cm³/mol. The topological polar surface area (TPSA) is 87.2 Å². The van der Waals surface area contributed by atoms with E-state index in [1.807, 2.05) is 6.92 Å². The van der Waals surface area contributed by atoms with Crippen LogP contribution in [-0.4, -0.2) is 31.6 Å². The van der Waals surface area contributed by atoms with E-state index in [-0.39, 0.29) is 23.8 Å². The van der Waals surface area contributed by atoms with E-state index >= 15 is 0 Å². The van der Waals surface area contributed by atoms with E-state index < -0.39 is 21.3 Å². The molecular weight excluding hydrogens is 281 g/mol. The first kappa shape index (κ1) is 14.9. The molecule has 20 heavy (non-hydrogen) atoms. The Morgan fingerprint density at radius 1 is 1.40 bits per heavy atom. The largest absolute Gasteiger partial charge is 0.387 e. The Labute approximate surface area is 118 Å². The number of sulfonamides is 1. The molecule has 110 valence electrons. The molecule has 1 fully saturated rings. The molecule has 2 rings (SSSR count). The van der Waals surface area contributed by atoms with Gasteiger partial charge in [0, 0.05) is 18.5 Å². The van der Waals surface area contributed by atoms with E-state index in [0.717, 1.165) is 6.07 Å². The van der Waals surface area contributed by atoms with Gasteiger partial charge in [0.05, 0.1) is 10.7 Å². The first-order valence-corrected chi connectivity index (χ1v) is 7.80. The predicted octanol–water partition coefficient (Wildman–Crippen LogP) is 1.55. The molecule has 1 aliphatic heterocycles. The first-order valence-electron chi connectivity index (χ1n) is 6.36. The van der Waals surface area contributed by atoms with Gasteiger partial charge < -0.3 is 5.73 Å². The second kappa shape index (κ2) is 5.14. The van der Waals surface area contributed by atoms with Crippen molar-refractivity contribution in [2.75, 3.05) is 13.1 Å². The van der Waals surface area contributed by atoms with Crippen molar-refractivity contribution < 1.29 is 12.8 Å². The summed E-state index contributed by atoms with van der Waals surface area (Å²) in [5, 5.41) is 7.56. The van der Waals surface area contributed by atoms with Crippen LogP contribution in [-0.2, 0) is 10.0 Å². The highest BCUT2D eigenvalue weighted by molar-refractivity contribution is 7.89. The smallest absolute Gasteiger partial charge is 0.243 e. The second-order valence-corrected chi connectivity index (χ2v) is 7.27. The summed E-state index contributed by atoms with van der Waals surface area (Å²) in [5.41, 5.74) is 5.10. The van der Waals surface area contributed by atoms with Crippen molar-refractivity contribution >= 4 is 15.9 Å². The van der Waals surface area contributed by atoms with E-state index in [0.29, 0.717) is 12.8 Å². The second-order valence-electron chi connectivity index (χ2n) is 5.34. The lowest BCUT2D eigenvalue weighted by Gasteiger charge is -2.37. The van der Waals surface area contributed by atoms with Gasteiger partial charge in [0.25, 0.3) is 0 Å². The Balaban J connectivity index is 2.20. The monoisotopic (exact) mass is 299 g/mol. The molecule has 1 aliphatic rings. The van der Waals surface area contributed by atoms with Crippen LogP contribution in [0.1, 0.15) is 19.8 Å². The quantitative estimate of drug-likeness (QED) is 0.656. The van der Waals surface area contributed by atoms with Gasteiger partial charge in [-0.2, -0.15) is 4.31 Å². The maximum Gasteiger partial charge on any atom is 0.243 e. The maximum atomic E-state index is 13.2. The highest BCUT2D eigenvalue weighted by atomic mass is 32.2. The number of nitrogens with one attached hydrogen (secondary N) is 1. The minimum absolute atomic E-state index is 0.0380. The van der Waals surface area contributed by atoms with Crippen LogP contribution < -0.4 is 5.73 Å². The number of benzene rings is 1. The number of halogens is 1. The third kappa shape index (κ3) is 2.69. The molecule has 0 aliphatic carbocycles. The van der Waals surface area contributed by atoms with E-state index in [2.05, 4.69) is 0 Å². The van der Waals surface area contributed by atoms with Gasteiger partial charge in [-0.1, -0.05) is 13.0 Å². The number of amidine groups is 1. The Kier molecular flexibility index (Phi) is 3.84. The number of piperidine rings is 1. The van der Waals surface area contributed by atoms with E-state index in [1.165, 1.54) is 22.5 Å². The molecule has 0 amide bonds. The summed E-state index contributed by atoms with van der Waals surface area (Å²) in [6, 6.07) is 5.00. The van der Waals surface area contributed by atoms with E-state index in [4.69, 9.17) is 11.1 Å². The molecule has 0 bridgehead atoms. The Bertz CT molecular complexity index is 622. The van der Waals surface area contributed by atoms with Crippen molar-refractivity contribution in [3.8, 4) is 0 Å². The third-order valence-corrected chi connectivity index (χ3v) is 5.80. The minimum Gasteiger partial charge on any atom is -0.387 e. The zero-order valence-electron chi connectivity index (χ0n) is 11.3. The zero-order valence-corrected chi connectivity index (χ0v) is 12.1. The fourth-order valence-corrected chi connectivity index (χ4v) is 3.74. The molecule has 0 atom stereocenters. The van der Waals surface area contributed by atoms with Crippen LogP contribution in [0.15, 0.2) is 29.2 Å². The van der Waals surface area contributed by atoms with Crippen molar-refractivity contribution in [1.82, 2.24) is 4.31 Å². The molecule has 0 aromatic heterocycles. The zero-order chi connectivity index (χ0) is 15.0. The van der Waals surface area contributed by atoms with Crippen LogP contribution in [0.4, 0.5) is 4.39 Å². The minimum atomic E-state index is -3.68. The summed E-state index contributed by atoms with van der Waals surface area (Å²) < 4.78 is 39.3. The highest BCUT2D eigenvalue weighted by Crippen LogP contribution is 2.33. The van der Waals surface area contributed by atoms with Gasteiger partial charge in [0.2, 0.25) is 10.0 Å². The third-order valence-electron chi connectivity index (χ3n) is 3.91. The SMILES string of the molecule is CC1(C(=N)N)CCN(S(=O)(=O)c2cccc(F)c2)CC1. The van der Waals surface area contributed by atoms with E-state index in [9.17, 15) is 12.8 Å². The Morgan fingerprint density at radius 3 is 2.50 bits per heavy atom. The molecule has 1 saturated heterocycles. The molecular formula is C13H18FN3O2S. The Morgan fingerprint density at radius 2 is 2.00 bits per heavy atom. The van der Waals surface area contributed by atoms with Crippen molar-refractivity contribution in [1.29, 1.82) is 5.41 Å². The van der Waals surface area contributed by atoms with Crippen molar-refractivity contribution in [2.24, 2.45) is 11.1 Å². The summed E-state index contributed by atoms with van der Waals surface area (Å²) in [7, 11) is -3.68. The number of hydrogen-bond donors (Lipinski definition) is 2. The summed E-state index contributed by atoms with van der Waals surface area (Å²) in [5.74, 6) is -0.489. The molecule has 5 nitrogen and oxygen atoms in total. The van der Waals surface area contributed by atoms with Gasteiger partial charge in [-0.15, -0.1) is 0 Å². The highest BCUT2D eigenvalue weighted by Gasteiger charge is 2.37. The summed E-state index contributed by atoms with van der Waals surface area (Å²) in [4.78, 5) is -0.0380. The van der Waals surface area contributed by atoms with E-state index in [1.54, 1.807) is 0 Å². The summed E-state index contributed by atoms with van der Waals surface area (Å²) in [6.07, 6.45) is 0.994. The molecule has 0 spiro atoms. The number of nitrogens with two attached hydrogens (primary N) is 1. The average Bonchev–Trinajstić information content (AvgIpc) is 2.39. The molecule has 0 saturated carbocycles. The van der Waals surface area contributed by atoms with Crippen LogP contribution in [0.5, 0.6) is 0 Å². The molecule has 3 N–H and O–H groups in total. The van der Waals surface area contributed by atoms with Gasteiger partial charge in [-0.05, 0) is 31.0 Å². The summed E-state index contributed by atoms with van der Waals surface area (Å²) >= 11 is 0. The molecule has 1 heterocycles. The van der Waals surface area contributed by atoms with Crippen LogP contribution in [0.3, 0.4) is 0 Å². The lowest BCUT2D eigenvalue weighted by atomic mass is 9.80. The van der Waals surface area contributed by atoms with Gasteiger partial charge in [0.1, 0.15) is 5.82 Å². The molecule has 1 aromatic rings. The van der Waals surface area contributed by atoms with Gasteiger partial charge in [0.15, 0.2) is 0 Å². The number of rotatable bonds is 3. The van der Waals surface area contributed by atoms with Crippen LogP contribution in [0.2, 0.25) is 0 Å². The van der Waals surface area contributed by atoms with Crippen molar-refractivity contribution in [3.63, 3.8) is 0 Å². The van der Waals surface area contributed by atoms with Crippen LogP contribution in [0.25, 0.3) is 0 Å².